The molecule has 1 aliphatic heterocycles. The third-order valence-electron chi connectivity index (χ3n) is 2.51. The smallest absolute Gasteiger partial charge is 0.348 e. The minimum Gasteiger partial charge on any atom is -0.504 e. The molecule has 0 fully saturated rings. The Balaban J connectivity index is 2.45. The van der Waals surface area contributed by atoms with E-state index >= 15 is 0 Å². The van der Waals surface area contributed by atoms with Crippen LogP contribution in [0, 0.1) is 0 Å². The molecule has 1 aliphatic rings. The van der Waals surface area contributed by atoms with Crippen LogP contribution in [0.2, 0.25) is 0 Å². The first kappa shape index (κ1) is 12.0. The van der Waals surface area contributed by atoms with Crippen molar-refractivity contribution in [1.29, 1.82) is 0 Å². The number of fused-ring (bicyclic) bond motifs is 1. The minimum absolute atomic E-state index is 0.0115. The van der Waals surface area contributed by atoms with Gasteiger partial charge in [-0.3, -0.25) is 0 Å². The highest BCUT2D eigenvalue weighted by atomic mass is 16.6. The molecule has 0 radical (unpaired) electrons. The molecule has 0 saturated heterocycles. The summed E-state index contributed by atoms with van der Waals surface area (Å²) < 4.78 is 10.4. The summed E-state index contributed by atoms with van der Waals surface area (Å²) in [5.74, 6) is -3.08. The van der Waals surface area contributed by atoms with Crippen molar-refractivity contribution in [2.45, 2.75) is 19.1 Å². The molecule has 18 heavy (non-hydrogen) atoms. The van der Waals surface area contributed by atoms with Crippen molar-refractivity contribution >= 4 is 11.9 Å². The minimum atomic E-state index is -1.25. The highest BCUT2D eigenvalue weighted by Crippen LogP contribution is 2.42. The molecule has 2 unspecified atom stereocenters. The first-order valence-corrected chi connectivity index (χ1v) is 5.06. The maximum absolute atomic E-state index is 10.9. The molecule has 3 N–H and O–H groups in total. The zero-order valence-electron chi connectivity index (χ0n) is 9.28. The fourth-order valence-corrected chi connectivity index (χ4v) is 1.65. The lowest BCUT2D eigenvalue weighted by Gasteiger charge is -2.29. The number of benzene rings is 1. The topological polar surface area (TPSA) is 113 Å². The maximum Gasteiger partial charge on any atom is 0.348 e. The molecule has 96 valence electrons. The van der Waals surface area contributed by atoms with Gasteiger partial charge in [0.1, 0.15) is 6.10 Å². The predicted octanol–water partition coefficient (Wildman–Crippen LogP) is 0.703. The van der Waals surface area contributed by atoms with E-state index in [4.69, 9.17) is 19.7 Å². The molecule has 1 aromatic rings. The SMILES string of the molecule is CC1Oc2cc(C(=O)O)cc(O)c2OC1C(=O)O. The van der Waals surface area contributed by atoms with Gasteiger partial charge in [0.25, 0.3) is 0 Å². The van der Waals surface area contributed by atoms with E-state index < -0.39 is 29.9 Å². The van der Waals surface area contributed by atoms with Crippen molar-refractivity contribution in [2.24, 2.45) is 0 Å². The van der Waals surface area contributed by atoms with E-state index in [2.05, 4.69) is 0 Å². The zero-order chi connectivity index (χ0) is 13.4. The Labute approximate surface area is 101 Å². The Morgan fingerprint density at radius 3 is 2.44 bits per heavy atom. The largest absolute Gasteiger partial charge is 0.504 e. The van der Waals surface area contributed by atoms with E-state index in [1.165, 1.54) is 13.0 Å². The molecular formula is C11H10O7. The summed E-state index contributed by atoms with van der Waals surface area (Å²) in [5.41, 5.74) is -0.171. The standard InChI is InChI=1S/C11H10O7/c1-4-8(11(15)16)18-9-6(12)2-5(10(13)14)3-7(9)17-4/h2-4,8,12H,1H3,(H,13,14)(H,15,16). The van der Waals surface area contributed by atoms with E-state index in [-0.39, 0.29) is 17.1 Å². The number of phenolic OH excluding ortho intramolecular Hbond substituents is 1. The molecule has 0 aromatic heterocycles. The van der Waals surface area contributed by atoms with Crippen LogP contribution in [-0.2, 0) is 4.79 Å². The molecule has 0 spiro atoms. The molecule has 0 bridgehead atoms. The third kappa shape index (κ3) is 1.90. The normalized spacial score (nSPS) is 21.4. The number of hydrogen-bond acceptors (Lipinski definition) is 5. The van der Waals surface area contributed by atoms with E-state index in [1.54, 1.807) is 0 Å². The van der Waals surface area contributed by atoms with Crippen molar-refractivity contribution < 1.29 is 34.4 Å². The van der Waals surface area contributed by atoms with Gasteiger partial charge in [-0.05, 0) is 19.1 Å². The molecule has 1 aromatic carbocycles. The van der Waals surface area contributed by atoms with E-state index in [1.807, 2.05) is 0 Å². The van der Waals surface area contributed by atoms with Gasteiger partial charge in [0.2, 0.25) is 11.9 Å². The van der Waals surface area contributed by atoms with Gasteiger partial charge in [0, 0.05) is 0 Å². The number of hydrogen-bond donors (Lipinski definition) is 3. The molecule has 0 amide bonds. The quantitative estimate of drug-likeness (QED) is 0.711. The maximum atomic E-state index is 10.9. The van der Waals surface area contributed by atoms with Gasteiger partial charge < -0.3 is 24.8 Å². The fraction of sp³-hybridized carbons (Fsp3) is 0.273. The molecule has 2 atom stereocenters. The van der Waals surface area contributed by atoms with E-state index in [9.17, 15) is 14.7 Å². The van der Waals surface area contributed by atoms with Gasteiger partial charge in [0.15, 0.2) is 11.5 Å². The van der Waals surface area contributed by atoms with Crippen LogP contribution >= 0.6 is 0 Å². The summed E-state index contributed by atoms with van der Waals surface area (Å²) in [5, 5.41) is 27.3. The first-order valence-electron chi connectivity index (χ1n) is 5.06. The summed E-state index contributed by atoms with van der Waals surface area (Å²) in [6.07, 6.45) is -2.04. The summed E-state index contributed by atoms with van der Waals surface area (Å²) in [6.45, 7) is 1.48. The van der Waals surface area contributed by atoms with Gasteiger partial charge >= 0.3 is 11.9 Å². The molecule has 0 aliphatic carbocycles. The number of ether oxygens (including phenoxy) is 2. The second-order valence-corrected chi connectivity index (χ2v) is 3.83. The highest BCUT2D eigenvalue weighted by molar-refractivity contribution is 5.89. The van der Waals surface area contributed by atoms with Crippen molar-refractivity contribution in [3.05, 3.63) is 17.7 Å². The number of rotatable bonds is 2. The average Bonchev–Trinajstić information content (AvgIpc) is 2.27. The second-order valence-electron chi connectivity index (χ2n) is 3.83. The van der Waals surface area contributed by atoms with Crippen LogP contribution in [0.5, 0.6) is 17.2 Å². The number of aromatic carboxylic acids is 1. The van der Waals surface area contributed by atoms with E-state index in [0.717, 1.165) is 6.07 Å². The average molecular weight is 254 g/mol. The predicted molar refractivity (Wildman–Crippen MR) is 57.2 cm³/mol. The van der Waals surface area contributed by atoms with E-state index in [0.29, 0.717) is 0 Å². The van der Waals surface area contributed by atoms with Crippen LogP contribution < -0.4 is 9.47 Å². The summed E-state index contributed by atoms with van der Waals surface area (Å²) >= 11 is 0. The molecular weight excluding hydrogens is 244 g/mol. The molecule has 0 saturated carbocycles. The highest BCUT2D eigenvalue weighted by Gasteiger charge is 2.36. The molecule has 2 rings (SSSR count). The van der Waals surface area contributed by atoms with Gasteiger partial charge in [-0.2, -0.15) is 0 Å². The number of aromatic hydroxyl groups is 1. The molecule has 7 nitrogen and oxygen atoms in total. The van der Waals surface area contributed by atoms with Gasteiger partial charge in [0.05, 0.1) is 5.56 Å². The van der Waals surface area contributed by atoms with Crippen molar-refractivity contribution in [2.75, 3.05) is 0 Å². The zero-order valence-corrected chi connectivity index (χ0v) is 9.28. The Hall–Kier alpha value is -2.44. The number of carboxylic acids is 2. The van der Waals surface area contributed by atoms with Crippen molar-refractivity contribution in [1.82, 2.24) is 0 Å². The number of phenols is 1. The van der Waals surface area contributed by atoms with Crippen LogP contribution in [0.4, 0.5) is 0 Å². The number of carboxylic acid groups (broad SMARTS) is 2. The number of aliphatic carboxylic acids is 1. The van der Waals surface area contributed by atoms with Gasteiger partial charge in [-0.25, -0.2) is 9.59 Å². The fourth-order valence-electron chi connectivity index (χ4n) is 1.65. The lowest BCUT2D eigenvalue weighted by atomic mass is 10.1. The Morgan fingerprint density at radius 1 is 1.22 bits per heavy atom. The number of carbonyl (C=O) groups is 2. The van der Waals surface area contributed by atoms with Crippen LogP contribution in [0.1, 0.15) is 17.3 Å². The lowest BCUT2D eigenvalue weighted by Crippen LogP contribution is -2.43. The molecule has 1 heterocycles. The Kier molecular flexibility index (Phi) is 2.74. The van der Waals surface area contributed by atoms with Crippen molar-refractivity contribution in [3.63, 3.8) is 0 Å². The lowest BCUT2D eigenvalue weighted by molar-refractivity contribution is -0.150. The Morgan fingerprint density at radius 2 is 1.89 bits per heavy atom. The summed E-state index contributed by atoms with van der Waals surface area (Å²) in [4.78, 5) is 21.7. The third-order valence-corrected chi connectivity index (χ3v) is 2.51. The van der Waals surface area contributed by atoms with Gasteiger partial charge in [-0.1, -0.05) is 0 Å². The van der Waals surface area contributed by atoms with Crippen LogP contribution in [-0.4, -0.2) is 39.5 Å². The second kappa shape index (κ2) is 4.10. The first-order chi connectivity index (χ1) is 8.40. The monoisotopic (exact) mass is 254 g/mol. The van der Waals surface area contributed by atoms with Crippen LogP contribution in [0.3, 0.4) is 0 Å². The van der Waals surface area contributed by atoms with Gasteiger partial charge in [-0.15, -0.1) is 0 Å². The molecule has 7 heteroatoms. The van der Waals surface area contributed by atoms with Crippen molar-refractivity contribution in [3.8, 4) is 17.2 Å². The summed E-state index contributed by atoms with van der Waals surface area (Å²) in [6, 6.07) is 2.14. The summed E-state index contributed by atoms with van der Waals surface area (Å²) in [7, 11) is 0. The Bertz CT molecular complexity index is 522. The van der Waals surface area contributed by atoms with Crippen LogP contribution in [0.15, 0.2) is 12.1 Å². The van der Waals surface area contributed by atoms with Crippen LogP contribution in [0.25, 0.3) is 0 Å².